The van der Waals surface area contributed by atoms with Crippen LogP contribution in [0, 0.1) is 0 Å². The smallest absolute Gasteiger partial charge is 0.0456 e. The highest BCUT2D eigenvalue weighted by Crippen LogP contribution is 2.15. The number of nitrogens with zero attached hydrogens (tertiary/aromatic N) is 1. The lowest BCUT2D eigenvalue weighted by Gasteiger charge is -2.27. The monoisotopic (exact) mass is 136 g/mol. The molecule has 0 amide bonds. The van der Waals surface area contributed by atoms with Crippen molar-refractivity contribution in [3.63, 3.8) is 0 Å². The van der Waals surface area contributed by atoms with Gasteiger partial charge in [-0.05, 0) is 32.0 Å². The van der Waals surface area contributed by atoms with Crippen LogP contribution in [0.3, 0.4) is 0 Å². The van der Waals surface area contributed by atoms with E-state index in [0.29, 0.717) is 0 Å². The van der Waals surface area contributed by atoms with Gasteiger partial charge < -0.3 is 0 Å². The molecule has 0 unspecified atom stereocenters. The summed E-state index contributed by atoms with van der Waals surface area (Å²) in [6.45, 7) is 6.02. The number of hydrazine groups is 1. The van der Waals surface area contributed by atoms with Crippen molar-refractivity contribution in [2.75, 3.05) is 0 Å². The number of halogens is 1. The Hall–Kier alpha value is 0.210. The highest BCUT2D eigenvalue weighted by Gasteiger charge is 2.19. The minimum atomic E-state index is -0.0818. The standard InChI is InChI=1S/C5H13ClN2/c1-4-5(2,3)8(6)7/h4,7H2,1-3H3. The van der Waals surface area contributed by atoms with E-state index in [1.807, 2.05) is 20.8 Å². The molecule has 0 bridgehead atoms. The van der Waals surface area contributed by atoms with Gasteiger partial charge in [-0.3, -0.25) is 5.84 Å². The Kier molecular flexibility index (Phi) is 2.74. The van der Waals surface area contributed by atoms with E-state index in [1.165, 1.54) is 4.53 Å². The number of hydrogen-bond acceptors (Lipinski definition) is 2. The molecule has 0 heterocycles. The molecule has 0 fully saturated rings. The molecular weight excluding hydrogens is 124 g/mol. The van der Waals surface area contributed by atoms with Gasteiger partial charge in [-0.15, -0.1) is 0 Å². The Morgan fingerprint density at radius 3 is 2.00 bits per heavy atom. The largest absolute Gasteiger partial charge is 0.254 e. The van der Waals surface area contributed by atoms with Crippen molar-refractivity contribution in [1.29, 1.82) is 0 Å². The molecule has 0 radical (unpaired) electrons. The van der Waals surface area contributed by atoms with Crippen molar-refractivity contribution in [3.8, 4) is 0 Å². The molecule has 0 rings (SSSR count). The third-order valence-electron chi connectivity index (χ3n) is 1.44. The molecule has 0 saturated carbocycles. The van der Waals surface area contributed by atoms with Gasteiger partial charge in [0.05, 0.1) is 0 Å². The molecule has 0 atom stereocenters. The van der Waals surface area contributed by atoms with Crippen molar-refractivity contribution in [3.05, 3.63) is 0 Å². The summed E-state index contributed by atoms with van der Waals surface area (Å²) in [6.07, 6.45) is 0.951. The van der Waals surface area contributed by atoms with Gasteiger partial charge in [-0.2, -0.15) is 4.53 Å². The van der Waals surface area contributed by atoms with Gasteiger partial charge in [0.2, 0.25) is 0 Å². The summed E-state index contributed by atoms with van der Waals surface area (Å²) in [5.74, 6) is 5.28. The van der Waals surface area contributed by atoms with Gasteiger partial charge in [-0.25, -0.2) is 0 Å². The van der Waals surface area contributed by atoms with Crippen LogP contribution >= 0.6 is 11.8 Å². The molecule has 8 heavy (non-hydrogen) atoms. The van der Waals surface area contributed by atoms with Crippen molar-refractivity contribution < 1.29 is 0 Å². The van der Waals surface area contributed by atoms with Crippen LogP contribution in [-0.4, -0.2) is 10.1 Å². The van der Waals surface area contributed by atoms with Gasteiger partial charge in [0.15, 0.2) is 0 Å². The average Bonchev–Trinajstić information content (AvgIpc) is 1.67. The number of rotatable bonds is 2. The second-order valence-corrected chi connectivity index (χ2v) is 2.84. The van der Waals surface area contributed by atoms with E-state index in [4.69, 9.17) is 17.6 Å². The maximum absolute atomic E-state index is 5.48. The van der Waals surface area contributed by atoms with E-state index in [1.54, 1.807) is 0 Å². The lowest BCUT2D eigenvalue weighted by Crippen LogP contribution is -2.41. The summed E-state index contributed by atoms with van der Waals surface area (Å²) in [5, 5.41) is 0. The van der Waals surface area contributed by atoms with Crippen LogP contribution in [0.15, 0.2) is 0 Å². The first-order valence-electron chi connectivity index (χ1n) is 2.71. The first-order chi connectivity index (χ1) is 3.50. The maximum atomic E-state index is 5.48. The SMILES string of the molecule is CCC(C)(C)N(N)Cl. The summed E-state index contributed by atoms with van der Waals surface area (Å²) >= 11 is 5.48. The van der Waals surface area contributed by atoms with E-state index in [9.17, 15) is 0 Å². The van der Waals surface area contributed by atoms with E-state index >= 15 is 0 Å². The van der Waals surface area contributed by atoms with Gasteiger partial charge >= 0.3 is 0 Å². The quantitative estimate of drug-likeness (QED) is 0.354. The molecule has 0 spiro atoms. The molecule has 2 N–H and O–H groups in total. The van der Waals surface area contributed by atoms with Crippen molar-refractivity contribution in [2.45, 2.75) is 32.7 Å². The zero-order chi connectivity index (χ0) is 6.78. The second-order valence-electron chi connectivity index (χ2n) is 2.48. The summed E-state index contributed by atoms with van der Waals surface area (Å²) in [6, 6.07) is 0. The Bertz CT molecular complexity index is 70.8. The summed E-state index contributed by atoms with van der Waals surface area (Å²) in [4.78, 5) is 0. The van der Waals surface area contributed by atoms with Crippen LogP contribution in [0.4, 0.5) is 0 Å². The van der Waals surface area contributed by atoms with Crippen LogP contribution < -0.4 is 5.84 Å². The molecule has 0 aliphatic carbocycles. The number of hydrogen-bond donors (Lipinski definition) is 1. The molecule has 0 aliphatic heterocycles. The van der Waals surface area contributed by atoms with E-state index in [-0.39, 0.29) is 5.54 Å². The Balaban J connectivity index is 3.71. The molecular formula is C5H13ClN2. The van der Waals surface area contributed by atoms with E-state index in [0.717, 1.165) is 6.42 Å². The van der Waals surface area contributed by atoms with Crippen LogP contribution in [0.25, 0.3) is 0 Å². The van der Waals surface area contributed by atoms with Crippen LogP contribution in [0.5, 0.6) is 0 Å². The Morgan fingerprint density at radius 2 is 2.00 bits per heavy atom. The molecule has 0 saturated heterocycles. The third kappa shape index (κ3) is 1.99. The summed E-state index contributed by atoms with van der Waals surface area (Å²) in [5.41, 5.74) is -0.0818. The lowest BCUT2D eigenvalue weighted by molar-refractivity contribution is 0.235. The van der Waals surface area contributed by atoms with E-state index < -0.39 is 0 Å². The highest BCUT2D eigenvalue weighted by atomic mass is 35.5. The summed E-state index contributed by atoms with van der Waals surface area (Å²) in [7, 11) is 0. The predicted molar refractivity (Wildman–Crippen MR) is 36.2 cm³/mol. The molecule has 2 nitrogen and oxygen atoms in total. The van der Waals surface area contributed by atoms with Crippen LogP contribution in [0.2, 0.25) is 0 Å². The van der Waals surface area contributed by atoms with Gasteiger partial charge in [0.25, 0.3) is 0 Å². The fourth-order valence-corrected chi connectivity index (χ4v) is 0.271. The molecule has 0 aliphatic rings. The number of nitrogens with two attached hydrogens (primary N) is 1. The zero-order valence-corrected chi connectivity index (χ0v) is 6.37. The predicted octanol–water partition coefficient (Wildman–Crippen LogP) is 1.50. The third-order valence-corrected chi connectivity index (χ3v) is 1.90. The van der Waals surface area contributed by atoms with Crippen molar-refractivity contribution >= 4 is 11.8 Å². The maximum Gasteiger partial charge on any atom is 0.0456 e. The van der Waals surface area contributed by atoms with Gasteiger partial charge in [0.1, 0.15) is 0 Å². The zero-order valence-electron chi connectivity index (χ0n) is 5.61. The molecule has 50 valence electrons. The van der Waals surface area contributed by atoms with Crippen LogP contribution in [0.1, 0.15) is 27.2 Å². The fraction of sp³-hybridized carbons (Fsp3) is 1.00. The first kappa shape index (κ1) is 8.21. The Labute approximate surface area is 55.7 Å². The average molecular weight is 137 g/mol. The molecule has 0 aromatic heterocycles. The minimum absolute atomic E-state index is 0.0818. The normalized spacial score (nSPS) is 12.8. The first-order valence-corrected chi connectivity index (χ1v) is 3.05. The topological polar surface area (TPSA) is 29.3 Å². The highest BCUT2D eigenvalue weighted by molar-refractivity contribution is 6.13. The molecule has 0 aromatic carbocycles. The fourth-order valence-electron chi connectivity index (χ4n) is 0.151. The summed E-state index contributed by atoms with van der Waals surface area (Å²) < 4.78 is 1.22. The van der Waals surface area contributed by atoms with Crippen molar-refractivity contribution in [1.82, 2.24) is 4.53 Å². The van der Waals surface area contributed by atoms with Gasteiger partial charge in [0, 0.05) is 5.54 Å². The van der Waals surface area contributed by atoms with Gasteiger partial charge in [-0.1, -0.05) is 6.92 Å². The Morgan fingerprint density at radius 1 is 1.62 bits per heavy atom. The lowest BCUT2D eigenvalue weighted by atomic mass is 10.0. The molecule has 3 heteroatoms. The van der Waals surface area contributed by atoms with Crippen LogP contribution in [-0.2, 0) is 0 Å². The van der Waals surface area contributed by atoms with Crippen molar-refractivity contribution in [2.24, 2.45) is 5.84 Å². The second kappa shape index (κ2) is 2.67. The molecule has 0 aromatic rings. The minimum Gasteiger partial charge on any atom is -0.254 e. The van der Waals surface area contributed by atoms with E-state index in [2.05, 4.69) is 0 Å².